The molecule has 1 unspecified atom stereocenters. The van der Waals surface area contributed by atoms with E-state index in [4.69, 9.17) is 14.1 Å². The van der Waals surface area contributed by atoms with Crippen LogP contribution < -0.4 is 10.6 Å². The number of carbonyl (C=O) groups is 4. The molecule has 5 atom stereocenters. The molecule has 1 saturated carbocycles. The lowest BCUT2D eigenvalue weighted by Crippen LogP contribution is -2.59. The zero-order valence-corrected chi connectivity index (χ0v) is 29.0. The first-order valence-corrected chi connectivity index (χ1v) is 17.6. The van der Waals surface area contributed by atoms with Crippen molar-refractivity contribution in [1.29, 1.82) is 0 Å². The largest absolute Gasteiger partial charge is 0.478 e. The van der Waals surface area contributed by atoms with E-state index in [2.05, 4.69) is 30.5 Å². The van der Waals surface area contributed by atoms with Crippen LogP contribution in [0.5, 0.6) is 0 Å². The Hall–Kier alpha value is -3.32. The van der Waals surface area contributed by atoms with E-state index < -0.39 is 60.7 Å². The first kappa shape index (κ1) is 34.5. The Balaban J connectivity index is 1.27. The lowest BCUT2D eigenvalue weighted by molar-refractivity contribution is -0.142. The molecule has 4 aliphatic heterocycles. The molecule has 1 aromatic carbocycles. The minimum Gasteiger partial charge on any atom is -0.449 e. The monoisotopic (exact) mass is 666 g/mol. The molecule has 2 saturated heterocycles. The Bertz CT molecular complexity index is 1410. The maximum Gasteiger partial charge on any atom is 0.478 e. The van der Waals surface area contributed by atoms with Crippen LogP contribution >= 0.6 is 0 Å². The van der Waals surface area contributed by atoms with E-state index >= 15 is 0 Å². The second-order valence-corrected chi connectivity index (χ2v) is 16.3. The van der Waals surface area contributed by atoms with E-state index in [1.54, 1.807) is 4.90 Å². The minimum absolute atomic E-state index is 0.0103. The standard InChI is InChI=1S/C35H51BN4O8/c1-34(2,3)28-31(42)40-17-24(15-27(40)30(41)38-29-26(22-12-13-22)19-47-36(29)45)48-33(44)39-16-23-11-8-10-21(25(23)18-39)9-6-7-14-35(4,5)20-46-32(43)37-28/h8,10-11,22,24,26-29,45H,6-7,9,12-20H2,1-5H3,(H,37,43)(H,38,41)/t24-,26-,27+,28-,29?/m1/s1. The van der Waals surface area contributed by atoms with Crippen molar-refractivity contribution in [3.8, 4) is 0 Å². The summed E-state index contributed by atoms with van der Waals surface area (Å²) in [5.41, 5.74) is 2.47. The van der Waals surface area contributed by atoms with Gasteiger partial charge in [-0.15, -0.1) is 0 Å². The molecule has 4 amide bonds. The van der Waals surface area contributed by atoms with E-state index in [1.165, 1.54) is 10.5 Å². The van der Waals surface area contributed by atoms with Crippen molar-refractivity contribution in [1.82, 2.24) is 20.4 Å². The molecule has 12 nitrogen and oxygen atoms in total. The molecule has 6 rings (SSSR count). The number of benzene rings is 1. The second-order valence-electron chi connectivity index (χ2n) is 16.3. The summed E-state index contributed by atoms with van der Waals surface area (Å²) in [6.07, 6.45) is 3.84. The molecule has 1 aromatic rings. The van der Waals surface area contributed by atoms with Crippen molar-refractivity contribution in [2.24, 2.45) is 22.7 Å². The Labute approximate surface area is 283 Å². The summed E-state index contributed by atoms with van der Waals surface area (Å²) in [5.74, 6) is -1.15. The van der Waals surface area contributed by atoms with Crippen LogP contribution in [0.3, 0.4) is 0 Å². The number of aryl methyl sites for hydroxylation is 1. The minimum atomic E-state index is -1.14. The summed E-state index contributed by atoms with van der Waals surface area (Å²) in [6, 6.07) is 4.19. The predicted octanol–water partition coefficient (Wildman–Crippen LogP) is 3.56. The molecule has 4 heterocycles. The fraction of sp³-hybridized carbons (Fsp3) is 0.714. The third-order valence-electron chi connectivity index (χ3n) is 10.7. The number of fused-ring (bicyclic) bond motifs is 3. The average molecular weight is 667 g/mol. The summed E-state index contributed by atoms with van der Waals surface area (Å²) in [5, 5.41) is 16.3. The van der Waals surface area contributed by atoms with Crippen LogP contribution in [-0.4, -0.2) is 89.8 Å². The maximum absolute atomic E-state index is 14.4. The molecular formula is C35H51BN4O8. The van der Waals surface area contributed by atoms with Crippen LogP contribution in [0.15, 0.2) is 18.2 Å². The van der Waals surface area contributed by atoms with Crippen molar-refractivity contribution in [2.75, 3.05) is 19.8 Å². The third-order valence-corrected chi connectivity index (χ3v) is 10.7. The van der Waals surface area contributed by atoms with Crippen molar-refractivity contribution < 1.29 is 38.3 Å². The van der Waals surface area contributed by atoms with Crippen molar-refractivity contribution in [3.05, 3.63) is 34.9 Å². The van der Waals surface area contributed by atoms with Crippen LogP contribution in [-0.2, 0) is 43.2 Å². The molecule has 5 aliphatic rings. The van der Waals surface area contributed by atoms with Gasteiger partial charge in [0.25, 0.3) is 0 Å². The lowest BCUT2D eigenvalue weighted by atomic mass is 9.73. The van der Waals surface area contributed by atoms with E-state index in [0.29, 0.717) is 25.6 Å². The normalized spacial score (nSPS) is 30.1. The summed E-state index contributed by atoms with van der Waals surface area (Å²) in [6.45, 7) is 11.1. The van der Waals surface area contributed by atoms with Gasteiger partial charge >= 0.3 is 19.3 Å². The van der Waals surface area contributed by atoms with Crippen LogP contribution in [0.25, 0.3) is 0 Å². The van der Waals surface area contributed by atoms with Crippen molar-refractivity contribution in [3.63, 3.8) is 0 Å². The highest BCUT2D eigenvalue weighted by atomic mass is 16.6. The van der Waals surface area contributed by atoms with Gasteiger partial charge in [-0.05, 0) is 65.5 Å². The van der Waals surface area contributed by atoms with Gasteiger partial charge < -0.3 is 34.7 Å². The molecule has 4 bridgehead atoms. The first-order valence-electron chi connectivity index (χ1n) is 17.6. The molecule has 3 N–H and O–H groups in total. The first-order chi connectivity index (χ1) is 22.7. The highest BCUT2D eigenvalue weighted by Crippen LogP contribution is 2.41. The Morgan fingerprint density at radius 1 is 1.10 bits per heavy atom. The van der Waals surface area contributed by atoms with Crippen LogP contribution in [0.1, 0.15) is 89.8 Å². The van der Waals surface area contributed by atoms with Gasteiger partial charge in [-0.1, -0.05) is 59.2 Å². The number of rotatable bonds is 3. The second kappa shape index (κ2) is 13.5. The van der Waals surface area contributed by atoms with E-state index in [9.17, 15) is 24.2 Å². The van der Waals surface area contributed by atoms with E-state index in [0.717, 1.165) is 49.7 Å². The predicted molar refractivity (Wildman–Crippen MR) is 177 cm³/mol. The molecule has 13 heteroatoms. The number of hydrogen-bond donors (Lipinski definition) is 3. The number of ether oxygens (including phenoxy) is 2. The van der Waals surface area contributed by atoms with Crippen LogP contribution in [0, 0.1) is 22.7 Å². The molecular weight excluding hydrogens is 615 g/mol. The molecule has 262 valence electrons. The van der Waals surface area contributed by atoms with Gasteiger partial charge in [0.05, 0.1) is 19.1 Å². The third kappa shape index (κ3) is 7.62. The molecule has 3 fully saturated rings. The molecule has 0 aromatic heterocycles. The summed E-state index contributed by atoms with van der Waals surface area (Å²) in [7, 11) is -1.14. The Morgan fingerprint density at radius 2 is 1.85 bits per heavy atom. The van der Waals surface area contributed by atoms with Crippen molar-refractivity contribution >= 4 is 31.1 Å². The van der Waals surface area contributed by atoms with Gasteiger partial charge in [0.2, 0.25) is 11.8 Å². The summed E-state index contributed by atoms with van der Waals surface area (Å²) >= 11 is 0. The summed E-state index contributed by atoms with van der Waals surface area (Å²) < 4.78 is 17.2. The van der Waals surface area contributed by atoms with Crippen LogP contribution in [0.4, 0.5) is 9.59 Å². The number of alkyl carbamates (subject to hydrolysis) is 1. The zero-order chi connectivity index (χ0) is 34.4. The number of carbonyl (C=O) groups excluding carboxylic acids is 4. The zero-order valence-electron chi connectivity index (χ0n) is 29.0. The Kier molecular flexibility index (Phi) is 9.74. The number of hydrogen-bond acceptors (Lipinski definition) is 8. The van der Waals surface area contributed by atoms with Gasteiger partial charge in [0.1, 0.15) is 18.2 Å². The SMILES string of the molecule is CC1(C)CCCCc2cccc3c2CN(C3)C(=O)O[C@@H]2C[C@@H](C(=O)NC3B(O)OC[C@@H]3C3CC3)N(C2)C(=O)[C@H](C(C)(C)C)NC(=O)OC1. The molecule has 0 radical (unpaired) electrons. The quantitative estimate of drug-likeness (QED) is 0.416. The van der Waals surface area contributed by atoms with E-state index in [1.807, 2.05) is 32.9 Å². The Morgan fingerprint density at radius 3 is 2.58 bits per heavy atom. The van der Waals surface area contributed by atoms with Gasteiger partial charge in [0, 0.05) is 32.0 Å². The fourth-order valence-corrected chi connectivity index (χ4v) is 7.69. The lowest BCUT2D eigenvalue weighted by Gasteiger charge is -2.35. The molecule has 48 heavy (non-hydrogen) atoms. The van der Waals surface area contributed by atoms with Gasteiger partial charge in [0.15, 0.2) is 0 Å². The molecule has 0 spiro atoms. The maximum atomic E-state index is 14.4. The van der Waals surface area contributed by atoms with Gasteiger partial charge in [-0.3, -0.25) is 14.5 Å². The van der Waals surface area contributed by atoms with Crippen LogP contribution in [0.2, 0.25) is 0 Å². The topological polar surface area (TPSA) is 147 Å². The van der Waals surface area contributed by atoms with E-state index in [-0.39, 0.29) is 30.9 Å². The molecule has 1 aliphatic carbocycles. The highest BCUT2D eigenvalue weighted by molar-refractivity contribution is 6.46. The fourth-order valence-electron chi connectivity index (χ4n) is 7.69. The number of amides is 4. The smallest absolute Gasteiger partial charge is 0.449 e. The highest BCUT2D eigenvalue weighted by Gasteiger charge is 2.51. The number of nitrogens with one attached hydrogen (secondary N) is 2. The average Bonchev–Trinajstić information content (AvgIpc) is 3.44. The van der Waals surface area contributed by atoms with Gasteiger partial charge in [-0.2, -0.15) is 0 Å². The number of cyclic esters (lactones) is 1. The van der Waals surface area contributed by atoms with Gasteiger partial charge in [-0.25, -0.2) is 9.59 Å². The number of nitrogens with zero attached hydrogens (tertiary/aromatic N) is 2. The van der Waals surface area contributed by atoms with Crippen molar-refractivity contribution in [2.45, 2.75) is 117 Å². The summed E-state index contributed by atoms with van der Waals surface area (Å²) in [4.78, 5) is 58.2.